The van der Waals surface area contributed by atoms with Crippen molar-refractivity contribution in [2.45, 2.75) is 13.0 Å². The van der Waals surface area contributed by atoms with E-state index in [-0.39, 0.29) is 19.5 Å². The van der Waals surface area contributed by atoms with Gasteiger partial charge >= 0.3 is 0 Å². The quantitative estimate of drug-likeness (QED) is 0.168. The van der Waals surface area contributed by atoms with Gasteiger partial charge in [0.15, 0.2) is 5.75 Å². The summed E-state index contributed by atoms with van der Waals surface area (Å²) in [6, 6.07) is 17.3. The Balaban J connectivity index is 1.59. The number of hydrogen-bond acceptors (Lipinski definition) is 9. The maximum Gasteiger partial charge on any atom is 0.299 e. The van der Waals surface area contributed by atoms with Crippen molar-refractivity contribution in [3.05, 3.63) is 69.1 Å². The second-order valence-electron chi connectivity index (χ2n) is 8.95. The number of nitrogens with zero attached hydrogens (tertiary/aromatic N) is 2. The van der Waals surface area contributed by atoms with Gasteiger partial charge < -0.3 is 14.2 Å². The maximum atomic E-state index is 12.6. The zero-order valence-electron chi connectivity index (χ0n) is 20.5. The number of carbonyl (C=O) groups is 1. The number of nitrogens with one attached hydrogen (secondary N) is 1. The van der Waals surface area contributed by atoms with E-state index < -0.39 is 31.8 Å². The summed E-state index contributed by atoms with van der Waals surface area (Å²) in [6.45, 7) is -0.0481. The summed E-state index contributed by atoms with van der Waals surface area (Å²) >= 11 is 3.56. The lowest BCUT2D eigenvalue weighted by atomic mass is 10.1. The predicted molar refractivity (Wildman–Crippen MR) is 157 cm³/mol. The Morgan fingerprint density at radius 1 is 1.13 bits per heavy atom. The summed E-state index contributed by atoms with van der Waals surface area (Å²) in [5.74, 6) is -0.253. The predicted octanol–water partition coefficient (Wildman–Crippen LogP) is 3.16. The van der Waals surface area contributed by atoms with Crippen LogP contribution in [0.25, 0.3) is 27.1 Å². The van der Waals surface area contributed by atoms with Crippen molar-refractivity contribution in [2.24, 2.45) is 0 Å². The molecule has 1 aliphatic rings. The van der Waals surface area contributed by atoms with Gasteiger partial charge in [-0.3, -0.25) is 4.79 Å². The fourth-order valence-electron chi connectivity index (χ4n) is 4.36. The first-order valence-corrected chi connectivity index (χ1v) is 17.0. The van der Waals surface area contributed by atoms with Crippen LogP contribution >= 0.6 is 33.9 Å². The minimum absolute atomic E-state index is 0.0835. The van der Waals surface area contributed by atoms with E-state index in [0.717, 1.165) is 36.5 Å². The monoisotopic (exact) mass is 699 g/mol. The number of sulfonamides is 1. The van der Waals surface area contributed by atoms with Crippen LogP contribution in [0.15, 0.2) is 60.5 Å². The summed E-state index contributed by atoms with van der Waals surface area (Å²) < 4.78 is 68.9. The zero-order valence-corrected chi connectivity index (χ0v) is 25.1. The van der Waals surface area contributed by atoms with Gasteiger partial charge in [0, 0.05) is 21.9 Å². The topological polar surface area (TPSA) is 137 Å². The van der Waals surface area contributed by atoms with Crippen LogP contribution in [0.5, 0.6) is 5.75 Å². The second-order valence-corrected chi connectivity index (χ2v) is 14.5. The van der Waals surface area contributed by atoms with Gasteiger partial charge in [0.25, 0.3) is 10.9 Å². The standard InChI is InChI=1S/C25H22IN3O7S3/c1-38(31,32)27-23(30)15-29-20-13-18(26)7-8-22(20)37-25(29)14-24-28(9-4-10-39(33,34)35)19-11-16-5-2-3-6-17(16)12-21(19)36-24/h2-3,5-8,11-14H,4,9-10,15H2,1H3,(H-,27,30,33,34,35). The molecule has 0 spiro atoms. The number of halogens is 1. The van der Waals surface area contributed by atoms with Crippen LogP contribution in [-0.4, -0.2) is 45.8 Å². The Kier molecular flexibility index (Phi) is 7.58. The lowest BCUT2D eigenvalue weighted by molar-refractivity contribution is -0.655. The highest BCUT2D eigenvalue weighted by Gasteiger charge is 2.30. The van der Waals surface area contributed by atoms with E-state index in [1.54, 1.807) is 10.6 Å². The maximum absolute atomic E-state index is 12.6. The molecule has 0 fully saturated rings. The average molecular weight is 700 g/mol. The molecular weight excluding hydrogens is 677 g/mol. The van der Waals surface area contributed by atoms with Gasteiger partial charge in [-0.25, -0.2) is 21.6 Å². The van der Waals surface area contributed by atoms with Gasteiger partial charge in [-0.15, -0.1) is 0 Å². The van der Waals surface area contributed by atoms with Crippen molar-refractivity contribution < 1.29 is 35.5 Å². The van der Waals surface area contributed by atoms with Crippen LogP contribution in [0.1, 0.15) is 11.4 Å². The molecule has 204 valence electrons. The number of aromatic nitrogens is 1. The highest BCUT2D eigenvalue weighted by Crippen LogP contribution is 2.42. The number of hydrogen-bond donors (Lipinski definition) is 1. The first kappa shape index (κ1) is 27.8. The highest BCUT2D eigenvalue weighted by molar-refractivity contribution is 14.1. The van der Waals surface area contributed by atoms with E-state index in [2.05, 4.69) is 22.6 Å². The highest BCUT2D eigenvalue weighted by atomic mass is 127. The average Bonchev–Trinajstić information content (AvgIpc) is 3.32. The van der Waals surface area contributed by atoms with Crippen molar-refractivity contribution in [1.29, 1.82) is 0 Å². The van der Waals surface area contributed by atoms with E-state index in [0.29, 0.717) is 16.6 Å². The van der Waals surface area contributed by atoms with Gasteiger partial charge in [-0.2, -0.15) is 4.57 Å². The molecule has 1 aliphatic heterocycles. The number of rotatable bonds is 8. The minimum atomic E-state index is -4.39. The molecular formula is C25H22IN3O7S3. The Morgan fingerprint density at radius 2 is 1.85 bits per heavy atom. The number of amides is 1. The van der Waals surface area contributed by atoms with Gasteiger partial charge in [0.05, 0.1) is 28.1 Å². The summed E-state index contributed by atoms with van der Waals surface area (Å²) in [5, 5.41) is 2.54. The van der Waals surface area contributed by atoms with Crippen molar-refractivity contribution in [2.75, 3.05) is 23.5 Å². The van der Waals surface area contributed by atoms with E-state index in [1.165, 1.54) is 11.3 Å². The van der Waals surface area contributed by atoms with Gasteiger partial charge in [0.2, 0.25) is 28.0 Å². The molecule has 1 amide bonds. The lowest BCUT2D eigenvalue weighted by Gasteiger charge is -2.18. The molecule has 0 aliphatic carbocycles. The van der Waals surface area contributed by atoms with Crippen LogP contribution in [0.2, 0.25) is 0 Å². The molecule has 0 atom stereocenters. The third-order valence-corrected chi connectivity index (χ3v) is 9.09. The molecule has 10 nitrogen and oxygen atoms in total. The van der Waals surface area contributed by atoms with Crippen LogP contribution in [0.3, 0.4) is 0 Å². The molecule has 0 bridgehead atoms. The lowest BCUT2D eigenvalue weighted by Crippen LogP contribution is -2.45. The van der Waals surface area contributed by atoms with Crippen LogP contribution < -0.4 is 18.9 Å². The van der Waals surface area contributed by atoms with E-state index in [9.17, 15) is 26.2 Å². The molecule has 2 heterocycles. The minimum Gasteiger partial charge on any atom is -0.748 e. The normalized spacial score (nSPS) is 14.6. The number of benzene rings is 3. The molecule has 0 saturated carbocycles. The van der Waals surface area contributed by atoms with E-state index >= 15 is 0 Å². The molecule has 14 heteroatoms. The fraction of sp³-hybridized carbons (Fsp3) is 0.200. The fourth-order valence-corrected chi connectivity index (χ4v) is 6.86. The number of ether oxygens (including phenoxy) is 1. The summed E-state index contributed by atoms with van der Waals surface area (Å²) in [7, 11) is -8.14. The Hall–Kier alpha value is -2.79. The smallest absolute Gasteiger partial charge is 0.299 e. The molecule has 39 heavy (non-hydrogen) atoms. The van der Waals surface area contributed by atoms with Gasteiger partial charge in [-0.1, -0.05) is 35.6 Å². The van der Waals surface area contributed by atoms with Crippen molar-refractivity contribution in [3.8, 4) is 5.75 Å². The second kappa shape index (κ2) is 10.6. The SMILES string of the molecule is CS(=O)(=O)NC(=O)C[n+]1c(C=C2Oc3cc4ccccc4cc3N2CCCS(=O)(=O)[O-])sc2ccc(I)cc21. The van der Waals surface area contributed by atoms with Crippen molar-refractivity contribution in [3.63, 3.8) is 0 Å². The zero-order chi connectivity index (χ0) is 27.9. The largest absolute Gasteiger partial charge is 0.748 e. The molecule has 0 unspecified atom stereocenters. The number of anilines is 1. The molecule has 0 radical (unpaired) electrons. The Labute approximate surface area is 242 Å². The Morgan fingerprint density at radius 3 is 2.54 bits per heavy atom. The first-order chi connectivity index (χ1) is 18.4. The van der Waals surface area contributed by atoms with Gasteiger partial charge in [0.1, 0.15) is 4.70 Å². The van der Waals surface area contributed by atoms with Crippen LogP contribution in [-0.2, 0) is 31.5 Å². The van der Waals surface area contributed by atoms with Gasteiger partial charge in [-0.05, 0) is 64.0 Å². The molecule has 5 rings (SSSR count). The van der Waals surface area contributed by atoms with Crippen LogP contribution in [0.4, 0.5) is 5.69 Å². The number of fused-ring (bicyclic) bond motifs is 3. The Bertz CT molecular complexity index is 1870. The first-order valence-electron chi connectivity index (χ1n) is 11.6. The summed E-state index contributed by atoms with van der Waals surface area (Å²) in [5.41, 5.74) is 1.47. The molecule has 1 aromatic heterocycles. The number of thiazole rings is 1. The summed E-state index contributed by atoms with van der Waals surface area (Å²) in [4.78, 5) is 14.4. The third kappa shape index (κ3) is 6.51. The van der Waals surface area contributed by atoms with E-state index in [4.69, 9.17) is 4.74 Å². The van der Waals surface area contributed by atoms with Crippen LogP contribution in [0, 0.1) is 3.57 Å². The van der Waals surface area contributed by atoms with E-state index in [1.807, 2.05) is 64.2 Å². The molecule has 3 aromatic carbocycles. The molecule has 0 saturated heterocycles. The molecule has 4 aromatic rings. The number of carbonyl (C=O) groups excluding carboxylic acids is 1. The molecule has 1 N–H and O–H groups in total. The third-order valence-electron chi connectivity index (χ3n) is 5.91. The summed E-state index contributed by atoms with van der Waals surface area (Å²) in [6.07, 6.45) is 2.74. The van der Waals surface area contributed by atoms with Crippen molar-refractivity contribution in [1.82, 2.24) is 4.72 Å². The van der Waals surface area contributed by atoms with Crippen molar-refractivity contribution >= 4 is 92.7 Å².